The molecule has 22 heavy (non-hydrogen) atoms. The number of hydrogen-bond donors (Lipinski definition) is 2. The molecule has 0 aromatic heterocycles. The summed E-state index contributed by atoms with van der Waals surface area (Å²) in [4.78, 5) is 11.3. The van der Waals surface area contributed by atoms with Gasteiger partial charge in [0.25, 0.3) is 0 Å². The monoisotopic (exact) mass is 346 g/mol. The lowest BCUT2D eigenvalue weighted by Gasteiger charge is -2.27. The molecule has 0 saturated heterocycles. The maximum atomic E-state index is 12.5. The number of amides is 1. The molecule has 1 aliphatic rings. The number of sulfonamides is 1. The average Bonchev–Trinajstić information content (AvgIpc) is 2.47. The first-order valence-corrected chi connectivity index (χ1v) is 8.97. The Bertz CT molecular complexity index is 663. The second kappa shape index (κ2) is 6.75. The van der Waals surface area contributed by atoms with E-state index >= 15 is 0 Å². The number of anilines is 1. The van der Waals surface area contributed by atoms with Crippen molar-refractivity contribution in [3.63, 3.8) is 0 Å². The van der Waals surface area contributed by atoms with Gasteiger partial charge < -0.3 is 10.5 Å². The van der Waals surface area contributed by atoms with E-state index in [4.69, 9.17) is 22.1 Å². The minimum Gasteiger partial charge on any atom is -0.495 e. The van der Waals surface area contributed by atoms with Crippen LogP contribution in [0.15, 0.2) is 18.2 Å². The highest BCUT2D eigenvalue weighted by Crippen LogP contribution is 2.32. The number of carbonyl (C=O) groups excluding carboxylic acids is 1. The minimum atomic E-state index is -3.67. The van der Waals surface area contributed by atoms with Crippen LogP contribution in [0.2, 0.25) is 0 Å². The number of nitrogens with one attached hydrogen (secondary N) is 1. The molecule has 2 rings (SSSR count). The fourth-order valence-electron chi connectivity index (χ4n) is 2.57. The molecular formula is C14H19ClN2O4S. The predicted octanol–water partition coefficient (Wildman–Crippen LogP) is 2.09. The van der Waals surface area contributed by atoms with E-state index in [1.54, 1.807) is 0 Å². The minimum absolute atomic E-state index is 0.188. The Labute approximate surface area is 135 Å². The van der Waals surface area contributed by atoms with E-state index in [1.807, 2.05) is 0 Å². The molecule has 0 spiro atoms. The third-order valence-corrected chi connectivity index (χ3v) is 6.29. The van der Waals surface area contributed by atoms with Gasteiger partial charge in [0.15, 0.2) is 0 Å². The molecular weight excluding hydrogens is 328 g/mol. The van der Waals surface area contributed by atoms with Gasteiger partial charge in [0, 0.05) is 5.56 Å². The number of ether oxygens (including phenoxy) is 1. The van der Waals surface area contributed by atoms with Crippen molar-refractivity contribution >= 4 is 33.2 Å². The Kier molecular flexibility index (Phi) is 5.18. The maximum absolute atomic E-state index is 12.5. The summed E-state index contributed by atoms with van der Waals surface area (Å²) in [5.41, 5.74) is 5.61. The Morgan fingerprint density at radius 1 is 1.36 bits per heavy atom. The van der Waals surface area contributed by atoms with Crippen LogP contribution in [0.4, 0.5) is 5.69 Å². The van der Waals surface area contributed by atoms with E-state index < -0.39 is 26.6 Å². The van der Waals surface area contributed by atoms with E-state index in [0.717, 1.165) is 12.8 Å². The van der Waals surface area contributed by atoms with E-state index in [9.17, 15) is 13.2 Å². The Morgan fingerprint density at radius 2 is 2.05 bits per heavy atom. The number of carbonyl (C=O) groups is 1. The standard InChI is InChI=1S/C14H19ClN2O4S/c1-21-12-7-6-9(14(16)18)8-11(12)17-22(19,20)13-5-3-2-4-10(13)15/h6-8,10,13,17H,2-5H2,1H3,(H2,16,18)/t10-,13+/m0/s1. The molecule has 1 fully saturated rings. The van der Waals surface area contributed by atoms with E-state index in [2.05, 4.69) is 4.72 Å². The van der Waals surface area contributed by atoms with Crippen molar-refractivity contribution in [2.75, 3.05) is 11.8 Å². The van der Waals surface area contributed by atoms with Crippen LogP contribution in [0.3, 0.4) is 0 Å². The summed E-state index contributed by atoms with van der Waals surface area (Å²) in [6.45, 7) is 0. The molecule has 6 nitrogen and oxygen atoms in total. The molecule has 0 radical (unpaired) electrons. The quantitative estimate of drug-likeness (QED) is 0.797. The van der Waals surface area contributed by atoms with Gasteiger partial charge >= 0.3 is 0 Å². The summed E-state index contributed by atoms with van der Waals surface area (Å²) >= 11 is 6.16. The van der Waals surface area contributed by atoms with Gasteiger partial charge in [-0.15, -0.1) is 11.6 Å². The normalized spacial score (nSPS) is 22.1. The summed E-state index contributed by atoms with van der Waals surface area (Å²) < 4.78 is 32.7. The van der Waals surface area contributed by atoms with Crippen LogP contribution in [-0.2, 0) is 10.0 Å². The van der Waals surface area contributed by atoms with Crippen LogP contribution in [0.1, 0.15) is 36.0 Å². The number of rotatable bonds is 5. The van der Waals surface area contributed by atoms with Crippen molar-refractivity contribution in [1.82, 2.24) is 0 Å². The van der Waals surface area contributed by atoms with E-state index in [0.29, 0.717) is 18.6 Å². The van der Waals surface area contributed by atoms with E-state index in [-0.39, 0.29) is 11.3 Å². The molecule has 1 saturated carbocycles. The lowest BCUT2D eigenvalue weighted by atomic mass is 10.00. The van der Waals surface area contributed by atoms with Crippen LogP contribution in [0.25, 0.3) is 0 Å². The summed E-state index contributed by atoms with van der Waals surface area (Å²) in [5.74, 6) is -0.327. The molecule has 1 aliphatic carbocycles. The Hall–Kier alpha value is -1.47. The topological polar surface area (TPSA) is 98.5 Å². The van der Waals surface area contributed by atoms with Gasteiger partial charge in [-0.25, -0.2) is 8.42 Å². The zero-order valence-corrected chi connectivity index (χ0v) is 13.8. The van der Waals surface area contributed by atoms with Gasteiger partial charge in [-0.2, -0.15) is 0 Å². The summed E-state index contributed by atoms with van der Waals surface area (Å²) in [6.07, 6.45) is 2.95. The second-order valence-corrected chi connectivity index (χ2v) is 7.73. The van der Waals surface area contributed by atoms with Crippen LogP contribution < -0.4 is 15.2 Å². The van der Waals surface area contributed by atoms with Crippen LogP contribution in [0, 0.1) is 0 Å². The van der Waals surface area contributed by atoms with Crippen molar-refractivity contribution in [2.24, 2.45) is 5.73 Å². The lowest BCUT2D eigenvalue weighted by molar-refractivity contribution is 0.100. The number of halogens is 1. The molecule has 0 aliphatic heterocycles. The number of hydrogen-bond acceptors (Lipinski definition) is 4. The SMILES string of the molecule is COc1ccc(C(N)=O)cc1NS(=O)(=O)[C@@H]1CCCC[C@@H]1Cl. The van der Waals surface area contributed by atoms with Gasteiger partial charge in [-0.3, -0.25) is 9.52 Å². The highest BCUT2D eigenvalue weighted by atomic mass is 35.5. The number of primary amides is 1. The Morgan fingerprint density at radius 3 is 2.64 bits per heavy atom. The maximum Gasteiger partial charge on any atom is 0.248 e. The highest BCUT2D eigenvalue weighted by molar-refractivity contribution is 7.93. The van der Waals surface area contributed by atoms with Gasteiger partial charge in [0.2, 0.25) is 15.9 Å². The fraction of sp³-hybridized carbons (Fsp3) is 0.500. The fourth-order valence-corrected chi connectivity index (χ4v) is 4.88. The molecule has 0 bridgehead atoms. The van der Waals surface area contributed by atoms with Crippen LogP contribution in [-0.4, -0.2) is 32.1 Å². The largest absolute Gasteiger partial charge is 0.495 e. The third-order valence-electron chi connectivity index (χ3n) is 3.76. The average molecular weight is 347 g/mol. The zero-order chi connectivity index (χ0) is 16.3. The molecule has 1 amide bonds. The van der Waals surface area contributed by atoms with Crippen molar-refractivity contribution in [3.05, 3.63) is 23.8 Å². The summed E-state index contributed by atoms with van der Waals surface area (Å²) in [5, 5.41) is -1.08. The predicted molar refractivity (Wildman–Crippen MR) is 86.0 cm³/mol. The first-order valence-electron chi connectivity index (χ1n) is 6.98. The zero-order valence-electron chi connectivity index (χ0n) is 12.2. The third kappa shape index (κ3) is 3.64. The first kappa shape index (κ1) is 16.9. The Balaban J connectivity index is 2.31. The smallest absolute Gasteiger partial charge is 0.248 e. The van der Waals surface area contributed by atoms with Crippen LogP contribution in [0.5, 0.6) is 5.75 Å². The molecule has 2 atom stereocenters. The van der Waals surface area contributed by atoms with Crippen molar-refractivity contribution in [3.8, 4) is 5.75 Å². The van der Waals surface area contributed by atoms with Crippen molar-refractivity contribution in [1.29, 1.82) is 0 Å². The highest BCUT2D eigenvalue weighted by Gasteiger charge is 2.35. The lowest BCUT2D eigenvalue weighted by Crippen LogP contribution is -2.37. The molecule has 0 heterocycles. The molecule has 1 aromatic carbocycles. The number of benzene rings is 1. The molecule has 122 valence electrons. The van der Waals surface area contributed by atoms with Gasteiger partial charge in [-0.1, -0.05) is 12.8 Å². The van der Waals surface area contributed by atoms with Crippen molar-refractivity contribution in [2.45, 2.75) is 36.3 Å². The summed E-state index contributed by atoms with van der Waals surface area (Å²) in [6, 6.07) is 4.34. The van der Waals surface area contributed by atoms with Crippen LogP contribution >= 0.6 is 11.6 Å². The molecule has 1 aromatic rings. The number of methoxy groups -OCH3 is 1. The van der Waals surface area contributed by atoms with Gasteiger partial charge in [0.1, 0.15) is 5.75 Å². The number of alkyl halides is 1. The first-order chi connectivity index (χ1) is 10.3. The molecule has 8 heteroatoms. The van der Waals surface area contributed by atoms with E-state index in [1.165, 1.54) is 25.3 Å². The van der Waals surface area contributed by atoms with Gasteiger partial charge in [0.05, 0.1) is 23.4 Å². The molecule has 3 N–H and O–H groups in total. The second-order valence-electron chi connectivity index (χ2n) is 5.27. The number of nitrogens with two attached hydrogens (primary N) is 1. The van der Waals surface area contributed by atoms with Crippen molar-refractivity contribution < 1.29 is 17.9 Å². The molecule has 0 unspecified atom stereocenters. The van der Waals surface area contributed by atoms with Gasteiger partial charge in [-0.05, 0) is 31.0 Å². The summed E-state index contributed by atoms with van der Waals surface area (Å²) in [7, 11) is -2.26.